The minimum Gasteiger partial charge on any atom is -0.345 e. The molecule has 0 spiro atoms. The summed E-state index contributed by atoms with van der Waals surface area (Å²) in [5, 5.41) is 7.94. The largest absolute Gasteiger partial charge is 0.345 e. The van der Waals surface area contributed by atoms with E-state index in [2.05, 4.69) is 20.4 Å². The summed E-state index contributed by atoms with van der Waals surface area (Å²) in [6.45, 7) is 0.258. The Bertz CT molecular complexity index is 814. The summed E-state index contributed by atoms with van der Waals surface area (Å²) in [5.41, 5.74) is 1.17. The summed E-state index contributed by atoms with van der Waals surface area (Å²) in [4.78, 5) is 20.6. The molecule has 0 saturated heterocycles. The van der Waals surface area contributed by atoms with E-state index in [1.165, 1.54) is 0 Å². The molecule has 2 heterocycles. The molecule has 0 aliphatic rings. The molecule has 0 radical (unpaired) electrons. The van der Waals surface area contributed by atoms with Gasteiger partial charge < -0.3 is 5.32 Å². The molecule has 106 valence electrons. The first-order chi connectivity index (χ1) is 10.1. The van der Waals surface area contributed by atoms with Crippen LogP contribution in [0.3, 0.4) is 0 Å². The Morgan fingerprint density at radius 2 is 2.19 bits per heavy atom. The first-order valence-corrected chi connectivity index (χ1v) is 6.69. The molecule has 0 aliphatic carbocycles. The second-order valence-electron chi connectivity index (χ2n) is 4.53. The number of pyridine rings is 1. The Kier molecular flexibility index (Phi) is 3.53. The number of halogens is 1. The monoisotopic (exact) mass is 301 g/mol. The van der Waals surface area contributed by atoms with E-state index in [1.807, 2.05) is 24.3 Å². The molecule has 0 atom stereocenters. The van der Waals surface area contributed by atoms with Crippen LogP contribution < -0.4 is 5.32 Å². The zero-order valence-electron chi connectivity index (χ0n) is 11.2. The topological polar surface area (TPSA) is 72.7 Å². The van der Waals surface area contributed by atoms with Crippen molar-refractivity contribution in [2.75, 3.05) is 0 Å². The minimum atomic E-state index is -0.233. The van der Waals surface area contributed by atoms with E-state index >= 15 is 0 Å². The van der Waals surface area contributed by atoms with Crippen molar-refractivity contribution in [3.05, 3.63) is 53.2 Å². The Hall–Kier alpha value is -2.47. The smallest absolute Gasteiger partial charge is 0.252 e. The van der Waals surface area contributed by atoms with E-state index < -0.39 is 0 Å². The fraction of sp³-hybridized carbons (Fsp3) is 0.143. The summed E-state index contributed by atoms with van der Waals surface area (Å²) >= 11 is 5.97. The third kappa shape index (κ3) is 2.85. The number of hydrogen-bond acceptors (Lipinski definition) is 4. The lowest BCUT2D eigenvalue weighted by Crippen LogP contribution is -2.24. The van der Waals surface area contributed by atoms with Gasteiger partial charge in [-0.3, -0.25) is 9.48 Å². The average molecular weight is 302 g/mol. The van der Waals surface area contributed by atoms with Gasteiger partial charge in [0, 0.05) is 12.4 Å². The molecule has 1 aromatic carbocycles. The Balaban J connectivity index is 1.87. The SMILES string of the molecule is Cn1cnc(CNC(=O)c2cc(Cl)nc3ccccc23)n1. The van der Waals surface area contributed by atoms with Crippen molar-refractivity contribution in [2.24, 2.45) is 7.05 Å². The highest BCUT2D eigenvalue weighted by molar-refractivity contribution is 6.30. The molecule has 6 nitrogen and oxygen atoms in total. The molecule has 0 unspecified atom stereocenters. The van der Waals surface area contributed by atoms with E-state index in [0.717, 1.165) is 5.39 Å². The van der Waals surface area contributed by atoms with Crippen LogP contribution in [0.15, 0.2) is 36.7 Å². The standard InChI is InChI=1S/C14H12ClN5O/c1-20-8-17-13(19-20)7-16-14(21)10-6-12(15)18-11-5-3-2-4-9(10)11/h2-6,8H,7H2,1H3,(H,16,21). The summed E-state index contributed by atoms with van der Waals surface area (Å²) in [5.74, 6) is 0.318. The predicted octanol–water partition coefficient (Wildman–Crippen LogP) is 1.95. The van der Waals surface area contributed by atoms with Gasteiger partial charge in [-0.25, -0.2) is 9.97 Å². The molecule has 0 aliphatic heterocycles. The molecule has 1 N–H and O–H groups in total. The fourth-order valence-corrected chi connectivity index (χ4v) is 2.25. The molecule has 7 heteroatoms. The molecule has 3 aromatic rings. The van der Waals surface area contributed by atoms with Crippen LogP contribution in [0.2, 0.25) is 5.15 Å². The fourth-order valence-electron chi connectivity index (χ4n) is 2.05. The van der Waals surface area contributed by atoms with Crippen LogP contribution in [-0.2, 0) is 13.6 Å². The highest BCUT2D eigenvalue weighted by Crippen LogP contribution is 2.20. The van der Waals surface area contributed by atoms with Crippen LogP contribution in [0.1, 0.15) is 16.2 Å². The van der Waals surface area contributed by atoms with Crippen LogP contribution in [0.5, 0.6) is 0 Å². The van der Waals surface area contributed by atoms with Gasteiger partial charge >= 0.3 is 0 Å². The van der Waals surface area contributed by atoms with Crippen LogP contribution in [0, 0.1) is 0 Å². The van der Waals surface area contributed by atoms with Crippen LogP contribution in [0.25, 0.3) is 10.9 Å². The zero-order chi connectivity index (χ0) is 14.8. The summed E-state index contributed by atoms with van der Waals surface area (Å²) in [6, 6.07) is 8.93. The Labute approximate surface area is 125 Å². The van der Waals surface area contributed by atoms with Gasteiger partial charge in [-0.15, -0.1) is 0 Å². The molecular weight excluding hydrogens is 290 g/mol. The summed E-state index contributed by atoms with van der Waals surface area (Å²) in [6.07, 6.45) is 1.58. The van der Waals surface area contributed by atoms with Crippen molar-refractivity contribution in [1.29, 1.82) is 0 Å². The van der Waals surface area contributed by atoms with Crippen LogP contribution in [-0.4, -0.2) is 25.7 Å². The van der Waals surface area contributed by atoms with E-state index in [0.29, 0.717) is 16.9 Å². The van der Waals surface area contributed by atoms with Crippen LogP contribution >= 0.6 is 11.6 Å². The Morgan fingerprint density at radius 3 is 2.95 bits per heavy atom. The molecule has 0 saturated carbocycles. The first-order valence-electron chi connectivity index (χ1n) is 6.31. The molecular formula is C14H12ClN5O. The summed E-state index contributed by atoms with van der Waals surface area (Å²) < 4.78 is 1.58. The first kappa shape index (κ1) is 13.5. The maximum atomic E-state index is 12.3. The quantitative estimate of drug-likeness (QED) is 0.750. The number of aryl methyl sites for hydroxylation is 1. The second-order valence-corrected chi connectivity index (χ2v) is 4.91. The molecule has 0 fully saturated rings. The normalized spacial score (nSPS) is 10.8. The molecule has 21 heavy (non-hydrogen) atoms. The van der Waals surface area contributed by atoms with Gasteiger partial charge in [-0.1, -0.05) is 29.8 Å². The van der Waals surface area contributed by atoms with E-state index in [1.54, 1.807) is 24.1 Å². The maximum Gasteiger partial charge on any atom is 0.252 e. The van der Waals surface area contributed by atoms with Gasteiger partial charge in [-0.2, -0.15) is 5.10 Å². The number of nitrogens with zero attached hydrogens (tertiary/aromatic N) is 4. The average Bonchev–Trinajstić information content (AvgIpc) is 2.89. The van der Waals surface area contributed by atoms with Gasteiger partial charge in [0.1, 0.15) is 11.5 Å². The van der Waals surface area contributed by atoms with Crippen molar-refractivity contribution in [3.63, 3.8) is 0 Å². The van der Waals surface area contributed by atoms with Gasteiger partial charge in [0.2, 0.25) is 0 Å². The number of para-hydroxylation sites is 1. The predicted molar refractivity (Wildman–Crippen MR) is 78.9 cm³/mol. The number of amides is 1. The van der Waals surface area contributed by atoms with Crippen molar-refractivity contribution in [2.45, 2.75) is 6.54 Å². The third-order valence-corrected chi connectivity index (χ3v) is 3.18. The summed E-state index contributed by atoms with van der Waals surface area (Å²) in [7, 11) is 1.77. The minimum absolute atomic E-state index is 0.233. The molecule has 2 aromatic heterocycles. The van der Waals surface area contributed by atoms with Crippen LogP contribution in [0.4, 0.5) is 0 Å². The van der Waals surface area contributed by atoms with Crippen molar-refractivity contribution in [1.82, 2.24) is 25.1 Å². The number of hydrogen-bond donors (Lipinski definition) is 1. The van der Waals surface area contributed by atoms with E-state index in [-0.39, 0.29) is 17.6 Å². The number of aromatic nitrogens is 4. The molecule has 0 bridgehead atoms. The number of carbonyl (C=O) groups is 1. The van der Waals surface area contributed by atoms with Gasteiger partial charge in [0.15, 0.2) is 5.82 Å². The third-order valence-electron chi connectivity index (χ3n) is 2.98. The van der Waals surface area contributed by atoms with Gasteiger partial charge in [0.05, 0.1) is 17.6 Å². The highest BCUT2D eigenvalue weighted by Gasteiger charge is 2.12. The zero-order valence-corrected chi connectivity index (χ0v) is 12.0. The van der Waals surface area contributed by atoms with E-state index in [9.17, 15) is 4.79 Å². The lowest BCUT2D eigenvalue weighted by Gasteiger charge is -2.07. The number of carbonyl (C=O) groups excluding carboxylic acids is 1. The Morgan fingerprint density at radius 1 is 1.38 bits per heavy atom. The van der Waals surface area contributed by atoms with Gasteiger partial charge in [-0.05, 0) is 12.1 Å². The lowest BCUT2D eigenvalue weighted by molar-refractivity contribution is 0.0951. The number of benzene rings is 1. The van der Waals surface area contributed by atoms with Crippen molar-refractivity contribution >= 4 is 28.4 Å². The number of rotatable bonds is 3. The highest BCUT2D eigenvalue weighted by atomic mass is 35.5. The molecule has 3 rings (SSSR count). The van der Waals surface area contributed by atoms with Gasteiger partial charge in [0.25, 0.3) is 5.91 Å². The number of fused-ring (bicyclic) bond motifs is 1. The van der Waals surface area contributed by atoms with E-state index in [4.69, 9.17) is 11.6 Å². The maximum absolute atomic E-state index is 12.3. The van der Waals surface area contributed by atoms with Crippen molar-refractivity contribution < 1.29 is 4.79 Å². The second kappa shape index (κ2) is 5.49. The van der Waals surface area contributed by atoms with Crippen molar-refractivity contribution in [3.8, 4) is 0 Å². The molecule has 1 amide bonds. The number of nitrogens with one attached hydrogen (secondary N) is 1. The lowest BCUT2D eigenvalue weighted by atomic mass is 10.1.